The second-order valence-electron chi connectivity index (χ2n) is 6.43. The maximum Gasteiger partial charge on any atom is 0.275 e. The molecule has 4 N–H and O–H groups in total. The van der Waals surface area contributed by atoms with E-state index >= 15 is 0 Å². The molecule has 7 heteroatoms. The molecule has 1 saturated heterocycles. The quantitative estimate of drug-likeness (QED) is 0.523. The van der Waals surface area contributed by atoms with Gasteiger partial charge in [0.2, 0.25) is 5.91 Å². The van der Waals surface area contributed by atoms with E-state index in [1.54, 1.807) is 12.1 Å². The van der Waals surface area contributed by atoms with E-state index in [9.17, 15) is 14.7 Å². The fourth-order valence-electron chi connectivity index (χ4n) is 2.76. The van der Waals surface area contributed by atoms with Crippen LogP contribution in [0.1, 0.15) is 13.8 Å². The number of hydrogen-bond donors (Lipinski definition) is 4. The van der Waals surface area contributed by atoms with Crippen LogP contribution in [0.3, 0.4) is 0 Å². The highest BCUT2D eigenvalue weighted by Gasteiger charge is 2.22. The van der Waals surface area contributed by atoms with Gasteiger partial charge in [-0.25, -0.2) is 0 Å². The number of benzene rings is 1. The van der Waals surface area contributed by atoms with E-state index in [2.05, 4.69) is 15.5 Å². The van der Waals surface area contributed by atoms with Crippen LogP contribution >= 0.6 is 0 Å². The zero-order valence-electron chi connectivity index (χ0n) is 14.3. The van der Waals surface area contributed by atoms with Gasteiger partial charge in [0.1, 0.15) is 5.75 Å². The van der Waals surface area contributed by atoms with Crippen molar-refractivity contribution in [3.8, 4) is 5.75 Å². The number of phenols is 1. The van der Waals surface area contributed by atoms with Crippen LogP contribution < -0.4 is 20.4 Å². The number of amides is 2. The van der Waals surface area contributed by atoms with Gasteiger partial charge >= 0.3 is 0 Å². The molecule has 1 aliphatic heterocycles. The monoisotopic (exact) mass is 335 g/mol. The smallest absolute Gasteiger partial charge is 0.275 e. The van der Waals surface area contributed by atoms with Crippen LogP contribution in [0.5, 0.6) is 5.75 Å². The minimum Gasteiger partial charge on any atom is -0.508 e. The number of carbonyl (C=O) groups is 2. The summed E-state index contributed by atoms with van der Waals surface area (Å²) in [6.07, 6.45) is 0. The summed E-state index contributed by atoms with van der Waals surface area (Å²) in [5, 5.41) is 14.8. The van der Waals surface area contributed by atoms with Crippen molar-refractivity contribution in [1.82, 2.24) is 10.6 Å². The number of anilines is 1. The molecule has 1 aromatic rings. The Morgan fingerprint density at radius 1 is 1.17 bits per heavy atom. The van der Waals surface area contributed by atoms with Crippen LogP contribution in [0.2, 0.25) is 0 Å². The van der Waals surface area contributed by atoms with E-state index in [1.807, 2.05) is 26.0 Å². The van der Waals surface area contributed by atoms with Crippen molar-refractivity contribution in [2.24, 2.45) is 0 Å². The molecular formula is C17H27N4O3+. The molecule has 7 nitrogen and oxygen atoms in total. The van der Waals surface area contributed by atoms with Crippen molar-refractivity contribution >= 4 is 17.5 Å². The third-order valence-electron chi connectivity index (χ3n) is 3.99. The molecule has 2 rings (SSSR count). The fourth-order valence-corrected chi connectivity index (χ4v) is 2.76. The van der Waals surface area contributed by atoms with Crippen molar-refractivity contribution in [2.45, 2.75) is 19.9 Å². The van der Waals surface area contributed by atoms with Gasteiger partial charge in [-0.1, -0.05) is 0 Å². The number of nitrogens with zero attached hydrogens (tertiary/aromatic N) is 1. The summed E-state index contributed by atoms with van der Waals surface area (Å²) in [6.45, 7) is 7.65. The maximum atomic E-state index is 11.9. The van der Waals surface area contributed by atoms with Gasteiger partial charge in [0.05, 0.1) is 32.7 Å². The normalized spacial score (nSPS) is 15.4. The number of hydrogen-bond acceptors (Lipinski definition) is 4. The Morgan fingerprint density at radius 2 is 1.79 bits per heavy atom. The highest BCUT2D eigenvalue weighted by Crippen LogP contribution is 2.17. The van der Waals surface area contributed by atoms with Crippen molar-refractivity contribution in [1.29, 1.82) is 0 Å². The zero-order valence-corrected chi connectivity index (χ0v) is 14.3. The summed E-state index contributed by atoms with van der Waals surface area (Å²) in [4.78, 5) is 26.9. The van der Waals surface area contributed by atoms with Crippen LogP contribution in [-0.4, -0.2) is 62.2 Å². The van der Waals surface area contributed by atoms with Crippen LogP contribution in [-0.2, 0) is 9.59 Å². The lowest BCUT2D eigenvalue weighted by Gasteiger charge is -2.33. The van der Waals surface area contributed by atoms with E-state index in [-0.39, 0.29) is 30.2 Å². The Bertz CT molecular complexity index is 551. The second-order valence-corrected chi connectivity index (χ2v) is 6.43. The van der Waals surface area contributed by atoms with Gasteiger partial charge in [0, 0.05) is 11.7 Å². The molecule has 24 heavy (non-hydrogen) atoms. The molecule has 0 radical (unpaired) electrons. The molecule has 1 fully saturated rings. The summed E-state index contributed by atoms with van der Waals surface area (Å²) in [5.41, 5.74) is 1.08. The number of piperazine rings is 1. The van der Waals surface area contributed by atoms with Crippen LogP contribution in [0.4, 0.5) is 5.69 Å². The largest absolute Gasteiger partial charge is 0.508 e. The lowest BCUT2D eigenvalue weighted by Crippen LogP contribution is -3.16. The summed E-state index contributed by atoms with van der Waals surface area (Å²) in [7, 11) is 0. The molecule has 0 bridgehead atoms. The van der Waals surface area contributed by atoms with E-state index in [0.29, 0.717) is 6.54 Å². The number of aromatic hydroxyl groups is 1. The van der Waals surface area contributed by atoms with E-state index in [4.69, 9.17) is 0 Å². The lowest BCUT2D eigenvalue weighted by atomic mass is 10.2. The highest BCUT2D eigenvalue weighted by molar-refractivity contribution is 5.85. The molecule has 0 aliphatic carbocycles. The first kappa shape index (κ1) is 18.1. The van der Waals surface area contributed by atoms with Crippen molar-refractivity contribution in [2.75, 3.05) is 44.2 Å². The van der Waals surface area contributed by atoms with Gasteiger partial charge in [-0.2, -0.15) is 0 Å². The molecule has 1 aliphatic rings. The van der Waals surface area contributed by atoms with E-state index < -0.39 is 0 Å². The second kappa shape index (κ2) is 8.54. The van der Waals surface area contributed by atoms with Gasteiger partial charge in [-0.3, -0.25) is 9.59 Å². The number of rotatable bonds is 6. The maximum absolute atomic E-state index is 11.9. The van der Waals surface area contributed by atoms with Crippen LogP contribution in [0, 0.1) is 0 Å². The highest BCUT2D eigenvalue weighted by atomic mass is 16.3. The van der Waals surface area contributed by atoms with E-state index in [0.717, 1.165) is 31.9 Å². The van der Waals surface area contributed by atoms with Crippen molar-refractivity contribution < 1.29 is 19.6 Å². The third-order valence-corrected chi connectivity index (χ3v) is 3.99. The van der Waals surface area contributed by atoms with Gasteiger partial charge in [0.25, 0.3) is 5.91 Å². The Labute approximate surface area is 142 Å². The minimum absolute atomic E-state index is 0.0317. The molecule has 0 saturated carbocycles. The van der Waals surface area contributed by atoms with Crippen molar-refractivity contribution in [3.63, 3.8) is 0 Å². The summed E-state index contributed by atoms with van der Waals surface area (Å²) >= 11 is 0. The topological polar surface area (TPSA) is 86.1 Å². The molecule has 0 atom stereocenters. The lowest BCUT2D eigenvalue weighted by molar-refractivity contribution is -0.892. The molecule has 0 spiro atoms. The number of phenolic OH excluding ortho intramolecular Hbond substituents is 1. The first-order valence-electron chi connectivity index (χ1n) is 8.37. The molecule has 1 heterocycles. The van der Waals surface area contributed by atoms with Crippen LogP contribution in [0.15, 0.2) is 24.3 Å². The Morgan fingerprint density at radius 3 is 2.38 bits per heavy atom. The molecule has 2 amide bonds. The standard InChI is InChI=1S/C17H26N4O3/c1-13(2)19-16(23)11-18-17(24)12-20-7-9-21(10-8-20)14-3-5-15(22)6-4-14/h3-6,13,22H,7-12H2,1-2H3,(H,18,24)(H,19,23)/p+1. The number of nitrogens with one attached hydrogen (secondary N) is 3. The average Bonchev–Trinajstić information content (AvgIpc) is 2.54. The molecule has 1 aromatic carbocycles. The zero-order chi connectivity index (χ0) is 17.5. The third kappa shape index (κ3) is 5.73. The predicted octanol–water partition coefficient (Wildman–Crippen LogP) is -1.26. The van der Waals surface area contributed by atoms with Crippen LogP contribution in [0.25, 0.3) is 0 Å². The van der Waals surface area contributed by atoms with Crippen molar-refractivity contribution in [3.05, 3.63) is 24.3 Å². The SMILES string of the molecule is CC(C)NC(=O)CNC(=O)C[NH+]1CCN(c2ccc(O)cc2)CC1. The first-order valence-corrected chi connectivity index (χ1v) is 8.37. The minimum atomic E-state index is -0.162. The first-order chi connectivity index (χ1) is 11.4. The summed E-state index contributed by atoms with van der Waals surface area (Å²) in [5.74, 6) is 0.00803. The Kier molecular flexibility index (Phi) is 6.43. The summed E-state index contributed by atoms with van der Waals surface area (Å²) in [6, 6.07) is 7.25. The average molecular weight is 335 g/mol. The number of quaternary nitrogens is 1. The molecule has 132 valence electrons. The van der Waals surface area contributed by atoms with Gasteiger partial charge in [-0.05, 0) is 38.1 Å². The number of carbonyl (C=O) groups excluding carboxylic acids is 2. The Hall–Kier alpha value is -2.28. The van der Waals surface area contributed by atoms with E-state index in [1.165, 1.54) is 4.90 Å². The predicted molar refractivity (Wildman–Crippen MR) is 92.2 cm³/mol. The summed E-state index contributed by atoms with van der Waals surface area (Å²) < 4.78 is 0. The molecule has 0 aromatic heterocycles. The molecule has 0 unspecified atom stereocenters. The Balaban J connectivity index is 1.69. The fraction of sp³-hybridized carbons (Fsp3) is 0.529. The van der Waals surface area contributed by atoms with Gasteiger partial charge in [-0.15, -0.1) is 0 Å². The van der Waals surface area contributed by atoms with Gasteiger partial charge < -0.3 is 25.5 Å². The van der Waals surface area contributed by atoms with Gasteiger partial charge in [0.15, 0.2) is 6.54 Å². The molecular weight excluding hydrogens is 308 g/mol.